The molecular weight excluding hydrogens is 438 g/mol. The van der Waals surface area contributed by atoms with Crippen LogP contribution < -0.4 is 5.32 Å². The number of fused-ring (bicyclic) bond motifs is 1. The van der Waals surface area contributed by atoms with Gasteiger partial charge < -0.3 is 5.32 Å². The molecule has 5 rings (SSSR count). The number of nitrogens with one attached hydrogen (secondary N) is 1. The van der Waals surface area contributed by atoms with E-state index in [0.29, 0.717) is 51.4 Å². The van der Waals surface area contributed by atoms with Gasteiger partial charge in [0, 0.05) is 33.8 Å². The van der Waals surface area contributed by atoms with E-state index in [2.05, 4.69) is 15.4 Å². The van der Waals surface area contributed by atoms with Crippen LogP contribution in [-0.4, -0.2) is 20.5 Å². The van der Waals surface area contributed by atoms with Crippen LogP contribution in [0.25, 0.3) is 11.4 Å². The summed E-state index contributed by atoms with van der Waals surface area (Å²) in [6, 6.07) is 10.8. The lowest BCUT2D eigenvalue weighted by Crippen LogP contribution is -2.36. The van der Waals surface area contributed by atoms with Crippen molar-refractivity contribution in [3.8, 4) is 11.4 Å². The molecule has 158 valence electrons. The lowest BCUT2D eigenvalue weighted by molar-refractivity contribution is -0.118. The first kappa shape index (κ1) is 20.2. The van der Waals surface area contributed by atoms with E-state index in [9.17, 15) is 9.18 Å². The van der Waals surface area contributed by atoms with Crippen molar-refractivity contribution in [2.24, 2.45) is 5.41 Å². The summed E-state index contributed by atoms with van der Waals surface area (Å²) in [5.74, 6) is 0.404. The van der Waals surface area contributed by atoms with Crippen molar-refractivity contribution < 1.29 is 9.18 Å². The summed E-state index contributed by atoms with van der Waals surface area (Å²) in [5, 5.41) is 8.83. The van der Waals surface area contributed by atoms with Gasteiger partial charge in [0.15, 0.2) is 11.6 Å². The first-order chi connectivity index (χ1) is 14.7. The van der Waals surface area contributed by atoms with Gasteiger partial charge in [0.05, 0.1) is 5.02 Å². The van der Waals surface area contributed by atoms with E-state index in [1.807, 2.05) is 13.8 Å². The van der Waals surface area contributed by atoms with Crippen molar-refractivity contribution in [1.82, 2.24) is 14.8 Å². The van der Waals surface area contributed by atoms with Gasteiger partial charge in [-0.2, -0.15) is 4.98 Å². The molecule has 1 aliphatic carbocycles. The number of benzene rings is 2. The Bertz CT molecular complexity index is 1260. The number of allylic oxidation sites excluding steroid dienone is 2. The van der Waals surface area contributed by atoms with E-state index in [1.165, 1.54) is 6.07 Å². The Morgan fingerprint density at radius 3 is 2.68 bits per heavy atom. The Hall–Kier alpha value is -2.70. The Balaban J connectivity index is 1.71. The zero-order valence-electron chi connectivity index (χ0n) is 16.9. The normalized spacial score (nSPS) is 19.6. The summed E-state index contributed by atoms with van der Waals surface area (Å²) in [4.78, 5) is 17.8. The maximum absolute atomic E-state index is 14.9. The lowest BCUT2D eigenvalue weighted by atomic mass is 9.73. The molecule has 1 aliphatic heterocycles. The lowest BCUT2D eigenvalue weighted by Gasteiger charge is -2.38. The SMILES string of the molecule is CC1(C)CC(=O)C2=C(C1)Nc1nc(-c3ccc(Cl)cc3Cl)nn1C2c1ccccc1F. The van der Waals surface area contributed by atoms with Gasteiger partial charge in [-0.3, -0.25) is 4.79 Å². The Kier molecular flexibility index (Phi) is 4.68. The zero-order valence-corrected chi connectivity index (χ0v) is 18.4. The van der Waals surface area contributed by atoms with Gasteiger partial charge in [-0.05, 0) is 36.1 Å². The van der Waals surface area contributed by atoms with E-state index < -0.39 is 11.9 Å². The highest BCUT2D eigenvalue weighted by Gasteiger charge is 2.42. The quantitative estimate of drug-likeness (QED) is 0.509. The molecule has 0 saturated carbocycles. The highest BCUT2D eigenvalue weighted by molar-refractivity contribution is 6.36. The number of halogens is 3. The summed E-state index contributed by atoms with van der Waals surface area (Å²) >= 11 is 12.4. The Labute approximate surface area is 188 Å². The molecule has 0 fully saturated rings. The third kappa shape index (κ3) is 3.44. The maximum atomic E-state index is 14.9. The van der Waals surface area contributed by atoms with Gasteiger partial charge in [0.1, 0.15) is 11.9 Å². The first-order valence-electron chi connectivity index (χ1n) is 9.93. The number of nitrogens with zero attached hydrogens (tertiary/aromatic N) is 3. The zero-order chi connectivity index (χ0) is 21.9. The molecule has 2 aromatic carbocycles. The molecule has 2 aliphatic rings. The summed E-state index contributed by atoms with van der Waals surface area (Å²) in [7, 11) is 0. The van der Waals surface area contributed by atoms with E-state index in [-0.39, 0.29) is 11.2 Å². The molecule has 0 spiro atoms. The maximum Gasteiger partial charge on any atom is 0.226 e. The highest BCUT2D eigenvalue weighted by Crippen LogP contribution is 2.46. The minimum atomic E-state index is -0.705. The van der Waals surface area contributed by atoms with Crippen LogP contribution in [0.3, 0.4) is 0 Å². The molecule has 8 heteroatoms. The Morgan fingerprint density at radius 1 is 1.16 bits per heavy atom. The highest BCUT2D eigenvalue weighted by atomic mass is 35.5. The van der Waals surface area contributed by atoms with Gasteiger partial charge in [0.25, 0.3) is 0 Å². The molecule has 1 aromatic heterocycles. The molecule has 2 heterocycles. The predicted molar refractivity (Wildman–Crippen MR) is 119 cm³/mol. The predicted octanol–water partition coefficient (Wildman–Crippen LogP) is 6.05. The van der Waals surface area contributed by atoms with Gasteiger partial charge >= 0.3 is 0 Å². The van der Waals surface area contributed by atoms with Crippen LogP contribution >= 0.6 is 23.2 Å². The minimum Gasteiger partial charge on any atom is -0.328 e. The second kappa shape index (κ2) is 7.18. The van der Waals surface area contributed by atoms with Crippen molar-refractivity contribution in [3.05, 3.63) is 75.2 Å². The van der Waals surface area contributed by atoms with Crippen LogP contribution in [0.2, 0.25) is 10.0 Å². The van der Waals surface area contributed by atoms with E-state index in [1.54, 1.807) is 41.1 Å². The van der Waals surface area contributed by atoms with Gasteiger partial charge in [-0.1, -0.05) is 55.2 Å². The molecule has 3 aromatic rings. The molecular formula is C23H19Cl2FN4O. The van der Waals surface area contributed by atoms with Crippen molar-refractivity contribution in [2.45, 2.75) is 32.7 Å². The van der Waals surface area contributed by atoms with Crippen LogP contribution in [-0.2, 0) is 4.79 Å². The fourth-order valence-corrected chi connectivity index (χ4v) is 4.87. The van der Waals surface area contributed by atoms with E-state index in [4.69, 9.17) is 23.2 Å². The molecule has 0 saturated heterocycles. The van der Waals surface area contributed by atoms with Crippen molar-refractivity contribution in [3.63, 3.8) is 0 Å². The number of rotatable bonds is 2. The first-order valence-corrected chi connectivity index (χ1v) is 10.7. The van der Waals surface area contributed by atoms with Gasteiger partial charge in [-0.15, -0.1) is 5.10 Å². The van der Waals surface area contributed by atoms with Crippen LogP contribution in [0.1, 0.15) is 38.3 Å². The monoisotopic (exact) mass is 456 g/mol. The number of anilines is 1. The number of Topliss-reactive ketones (excluding diaryl/α,β-unsaturated/α-hetero) is 1. The second-order valence-corrected chi connectivity index (χ2v) is 9.55. The largest absolute Gasteiger partial charge is 0.328 e. The van der Waals surface area contributed by atoms with Crippen LogP contribution in [0.15, 0.2) is 53.7 Å². The summed E-state index contributed by atoms with van der Waals surface area (Å²) in [6.07, 6.45) is 1.04. The minimum absolute atomic E-state index is 0.0146. The Morgan fingerprint density at radius 2 is 1.94 bits per heavy atom. The molecule has 0 radical (unpaired) electrons. The standard InChI is InChI=1S/C23H19Cl2FN4O/c1-23(2)10-17-19(18(31)11-23)20(14-5-3-4-6-16(14)26)30-22(27-17)28-21(29-30)13-8-7-12(24)9-15(13)25/h3-9,20H,10-11H2,1-2H3,(H,27,28,29). The molecule has 0 amide bonds. The van der Waals surface area contributed by atoms with Crippen molar-refractivity contribution in [2.75, 3.05) is 5.32 Å². The van der Waals surface area contributed by atoms with Gasteiger partial charge in [0.2, 0.25) is 5.95 Å². The molecule has 1 unspecified atom stereocenters. The average Bonchev–Trinajstić information content (AvgIpc) is 3.09. The van der Waals surface area contributed by atoms with Crippen LogP contribution in [0, 0.1) is 11.2 Å². The molecule has 1 atom stereocenters. The fourth-order valence-electron chi connectivity index (χ4n) is 4.38. The second-order valence-electron chi connectivity index (χ2n) is 8.71. The molecule has 1 N–H and O–H groups in total. The topological polar surface area (TPSA) is 59.8 Å². The summed E-state index contributed by atoms with van der Waals surface area (Å²) in [6.45, 7) is 4.10. The van der Waals surface area contributed by atoms with Crippen molar-refractivity contribution >= 4 is 34.9 Å². The number of carbonyl (C=O) groups is 1. The average molecular weight is 457 g/mol. The number of carbonyl (C=O) groups excluding carboxylic acids is 1. The van der Waals surface area contributed by atoms with E-state index in [0.717, 1.165) is 5.70 Å². The smallest absolute Gasteiger partial charge is 0.226 e. The van der Waals surface area contributed by atoms with E-state index >= 15 is 0 Å². The fraction of sp³-hybridized carbons (Fsp3) is 0.261. The van der Waals surface area contributed by atoms with Crippen LogP contribution in [0.4, 0.5) is 10.3 Å². The molecule has 0 bridgehead atoms. The molecule has 31 heavy (non-hydrogen) atoms. The third-order valence-corrected chi connectivity index (χ3v) is 6.25. The number of aromatic nitrogens is 3. The summed E-state index contributed by atoms with van der Waals surface area (Å²) < 4.78 is 16.5. The number of hydrogen-bond acceptors (Lipinski definition) is 4. The molecule has 5 nitrogen and oxygen atoms in total. The van der Waals surface area contributed by atoms with Gasteiger partial charge in [-0.25, -0.2) is 9.07 Å². The van der Waals surface area contributed by atoms with Crippen molar-refractivity contribution in [1.29, 1.82) is 0 Å². The third-order valence-electron chi connectivity index (χ3n) is 5.70. The van der Waals surface area contributed by atoms with Crippen LogP contribution in [0.5, 0.6) is 0 Å². The number of ketones is 1. The summed E-state index contributed by atoms with van der Waals surface area (Å²) in [5.41, 5.74) is 2.09. The number of hydrogen-bond donors (Lipinski definition) is 1.